The lowest BCUT2D eigenvalue weighted by Gasteiger charge is -2.22. The van der Waals surface area contributed by atoms with E-state index in [1.807, 2.05) is 0 Å². The Labute approximate surface area is 126 Å². The second-order valence-electron chi connectivity index (χ2n) is 4.72. The maximum Gasteiger partial charge on any atom is 0.336 e. The highest BCUT2D eigenvalue weighted by molar-refractivity contribution is 9.10. The van der Waals surface area contributed by atoms with Crippen molar-refractivity contribution in [2.45, 2.75) is 30.3 Å². The summed E-state index contributed by atoms with van der Waals surface area (Å²) in [6.07, 6.45) is 2.34. The largest absolute Gasteiger partial charge is 0.478 e. The fourth-order valence-electron chi connectivity index (χ4n) is 2.14. The van der Waals surface area contributed by atoms with E-state index in [4.69, 9.17) is 9.84 Å². The van der Waals surface area contributed by atoms with Crippen molar-refractivity contribution >= 4 is 31.7 Å². The highest BCUT2D eigenvalue weighted by atomic mass is 79.9. The van der Waals surface area contributed by atoms with Gasteiger partial charge in [-0.2, -0.15) is 0 Å². The summed E-state index contributed by atoms with van der Waals surface area (Å²) in [5.41, 5.74) is -0.0596. The summed E-state index contributed by atoms with van der Waals surface area (Å²) in [5.74, 6) is -1.27. The molecule has 0 aliphatic carbocycles. The third-order valence-corrected chi connectivity index (χ3v) is 5.68. The fraction of sp³-hybridized carbons (Fsp3) is 0.462. The van der Waals surface area contributed by atoms with E-state index in [1.165, 1.54) is 18.2 Å². The average molecular weight is 363 g/mol. The highest BCUT2D eigenvalue weighted by Crippen LogP contribution is 2.24. The summed E-state index contributed by atoms with van der Waals surface area (Å²) in [6.45, 7) is 0.584. The average Bonchev–Trinajstić information content (AvgIpc) is 2.39. The first-order valence-corrected chi connectivity index (χ1v) is 8.72. The number of carbonyl (C=O) groups is 1. The monoisotopic (exact) mass is 362 g/mol. The third-order valence-electron chi connectivity index (χ3n) is 3.21. The first-order valence-electron chi connectivity index (χ1n) is 6.27. The van der Waals surface area contributed by atoms with Crippen molar-refractivity contribution in [2.75, 3.05) is 12.4 Å². The van der Waals surface area contributed by atoms with Gasteiger partial charge in [0.2, 0.25) is 0 Å². The van der Waals surface area contributed by atoms with Crippen LogP contribution in [0.25, 0.3) is 0 Å². The smallest absolute Gasteiger partial charge is 0.336 e. The van der Waals surface area contributed by atoms with E-state index in [-0.39, 0.29) is 22.3 Å². The standard InChI is InChI=1S/C13H15BrO5S/c14-12-5-4-10(7-11(12)13(15)16)20(17,18)8-9-3-1-2-6-19-9/h4-5,7,9H,1-3,6,8H2,(H,15,16). The first-order chi connectivity index (χ1) is 9.40. The molecule has 1 N–H and O–H groups in total. The minimum atomic E-state index is -3.54. The minimum absolute atomic E-state index is 0.0206. The molecule has 2 rings (SSSR count). The lowest BCUT2D eigenvalue weighted by Crippen LogP contribution is -2.27. The molecule has 7 heteroatoms. The lowest BCUT2D eigenvalue weighted by molar-refractivity contribution is 0.0305. The van der Waals surface area contributed by atoms with Crippen LogP contribution in [0.15, 0.2) is 27.6 Å². The Morgan fingerprint density at radius 3 is 2.75 bits per heavy atom. The van der Waals surface area contributed by atoms with Crippen LogP contribution in [-0.4, -0.2) is 38.0 Å². The molecular formula is C13H15BrO5S. The number of carboxylic acid groups (broad SMARTS) is 1. The van der Waals surface area contributed by atoms with E-state index < -0.39 is 15.8 Å². The Morgan fingerprint density at radius 1 is 1.40 bits per heavy atom. The van der Waals surface area contributed by atoms with Gasteiger partial charge < -0.3 is 9.84 Å². The Bertz CT molecular complexity index is 605. The fourth-order valence-corrected chi connectivity index (χ4v) is 4.08. The van der Waals surface area contributed by atoms with E-state index >= 15 is 0 Å². The van der Waals surface area contributed by atoms with E-state index in [9.17, 15) is 13.2 Å². The summed E-state index contributed by atoms with van der Waals surface area (Å²) in [5, 5.41) is 9.03. The normalized spacial score (nSPS) is 19.8. The number of aromatic carboxylic acids is 1. The zero-order chi connectivity index (χ0) is 14.8. The van der Waals surface area contributed by atoms with Gasteiger partial charge in [0.25, 0.3) is 0 Å². The van der Waals surface area contributed by atoms with Gasteiger partial charge in [0, 0.05) is 11.1 Å². The van der Waals surface area contributed by atoms with Crippen molar-refractivity contribution in [2.24, 2.45) is 0 Å². The molecule has 5 nitrogen and oxygen atoms in total. The van der Waals surface area contributed by atoms with Crippen molar-refractivity contribution in [1.82, 2.24) is 0 Å². The third kappa shape index (κ3) is 3.59. The highest BCUT2D eigenvalue weighted by Gasteiger charge is 2.25. The molecule has 0 saturated carbocycles. The molecule has 1 aromatic rings. The van der Waals surface area contributed by atoms with Crippen LogP contribution in [0.3, 0.4) is 0 Å². The van der Waals surface area contributed by atoms with Gasteiger partial charge in [-0.25, -0.2) is 13.2 Å². The number of carboxylic acids is 1. The van der Waals surface area contributed by atoms with Gasteiger partial charge in [0.1, 0.15) is 0 Å². The van der Waals surface area contributed by atoms with Gasteiger partial charge >= 0.3 is 5.97 Å². The zero-order valence-electron chi connectivity index (χ0n) is 10.7. The molecule has 1 aromatic carbocycles. The topological polar surface area (TPSA) is 80.7 Å². The molecule has 0 radical (unpaired) electrons. The van der Waals surface area contributed by atoms with Crippen molar-refractivity contribution in [1.29, 1.82) is 0 Å². The first kappa shape index (κ1) is 15.5. The van der Waals surface area contributed by atoms with Crippen LogP contribution in [-0.2, 0) is 14.6 Å². The SMILES string of the molecule is O=C(O)c1cc(S(=O)(=O)CC2CCCCO2)ccc1Br. The van der Waals surface area contributed by atoms with Crippen molar-refractivity contribution in [3.8, 4) is 0 Å². The second kappa shape index (κ2) is 6.24. The number of sulfone groups is 1. The van der Waals surface area contributed by atoms with E-state index in [0.717, 1.165) is 19.3 Å². The number of hydrogen-bond acceptors (Lipinski definition) is 4. The molecule has 0 spiro atoms. The van der Waals surface area contributed by atoms with Crippen LogP contribution in [0.5, 0.6) is 0 Å². The van der Waals surface area contributed by atoms with Crippen LogP contribution in [0, 0.1) is 0 Å². The van der Waals surface area contributed by atoms with Crippen LogP contribution >= 0.6 is 15.9 Å². The minimum Gasteiger partial charge on any atom is -0.478 e. The molecular weight excluding hydrogens is 348 g/mol. The molecule has 0 amide bonds. The van der Waals surface area contributed by atoms with Gasteiger partial charge in [-0.1, -0.05) is 0 Å². The maximum atomic E-state index is 12.3. The molecule has 1 aliphatic heterocycles. The molecule has 0 bridgehead atoms. The molecule has 110 valence electrons. The summed E-state index contributed by atoms with van der Waals surface area (Å²) in [7, 11) is -3.54. The number of hydrogen-bond donors (Lipinski definition) is 1. The van der Waals surface area contributed by atoms with Crippen LogP contribution in [0.4, 0.5) is 0 Å². The van der Waals surface area contributed by atoms with E-state index in [1.54, 1.807) is 0 Å². The molecule has 0 aromatic heterocycles. The summed E-state index contributed by atoms with van der Waals surface area (Å²) in [4.78, 5) is 11.1. The number of rotatable bonds is 4. The molecule has 1 atom stereocenters. The molecule has 1 saturated heterocycles. The Balaban J connectivity index is 2.24. The van der Waals surface area contributed by atoms with E-state index in [0.29, 0.717) is 11.1 Å². The van der Waals surface area contributed by atoms with Crippen LogP contribution in [0.2, 0.25) is 0 Å². The molecule has 1 heterocycles. The predicted molar refractivity (Wildman–Crippen MR) is 76.7 cm³/mol. The number of benzene rings is 1. The Morgan fingerprint density at radius 2 is 2.15 bits per heavy atom. The van der Waals surface area contributed by atoms with Gasteiger partial charge in [-0.3, -0.25) is 0 Å². The van der Waals surface area contributed by atoms with Crippen molar-refractivity contribution < 1.29 is 23.1 Å². The van der Waals surface area contributed by atoms with Crippen molar-refractivity contribution in [3.05, 3.63) is 28.2 Å². The molecule has 1 aliphatic rings. The second-order valence-corrected chi connectivity index (χ2v) is 7.61. The Hall–Kier alpha value is -0.920. The predicted octanol–water partition coefficient (Wildman–Crippen LogP) is 2.49. The Kier molecular flexibility index (Phi) is 4.82. The van der Waals surface area contributed by atoms with Gasteiger partial charge in [-0.05, 0) is 53.4 Å². The maximum absolute atomic E-state index is 12.3. The van der Waals surface area contributed by atoms with Crippen LogP contribution in [0.1, 0.15) is 29.6 Å². The molecule has 1 unspecified atom stereocenters. The van der Waals surface area contributed by atoms with E-state index in [2.05, 4.69) is 15.9 Å². The number of ether oxygens (including phenoxy) is 1. The van der Waals surface area contributed by atoms with Crippen LogP contribution < -0.4 is 0 Å². The molecule has 20 heavy (non-hydrogen) atoms. The summed E-state index contributed by atoms with van der Waals surface area (Å²) >= 11 is 3.10. The van der Waals surface area contributed by atoms with Gasteiger partial charge in [0.15, 0.2) is 9.84 Å². The summed E-state index contributed by atoms with van der Waals surface area (Å²) < 4.78 is 30.4. The zero-order valence-corrected chi connectivity index (χ0v) is 13.1. The van der Waals surface area contributed by atoms with Crippen molar-refractivity contribution in [3.63, 3.8) is 0 Å². The number of halogens is 1. The lowest BCUT2D eigenvalue weighted by atomic mass is 10.1. The quantitative estimate of drug-likeness (QED) is 0.889. The van der Waals surface area contributed by atoms with Gasteiger partial charge in [-0.15, -0.1) is 0 Å². The van der Waals surface area contributed by atoms with Gasteiger partial charge in [0.05, 0.1) is 22.3 Å². The summed E-state index contributed by atoms with van der Waals surface area (Å²) in [6, 6.07) is 4.04. The molecule has 1 fully saturated rings.